The Morgan fingerprint density at radius 2 is 2.18 bits per heavy atom. The molecular formula is C14H11ClN6S. The fourth-order valence-corrected chi connectivity index (χ4v) is 3.28. The lowest BCUT2D eigenvalue weighted by Gasteiger charge is -2.03. The van der Waals surface area contributed by atoms with E-state index >= 15 is 0 Å². The summed E-state index contributed by atoms with van der Waals surface area (Å²) in [5, 5.41) is 18.4. The van der Waals surface area contributed by atoms with Crippen LogP contribution in [0.2, 0.25) is 5.02 Å². The minimum Gasteiger partial charge on any atom is -0.267 e. The number of rotatable bonds is 3. The number of hydrogen-bond acceptors (Lipinski definition) is 5. The molecule has 0 unspecified atom stereocenters. The average Bonchev–Trinajstić information content (AvgIpc) is 3.18. The van der Waals surface area contributed by atoms with Crippen LogP contribution in [0.15, 0.2) is 36.7 Å². The molecule has 0 aliphatic rings. The molecular weight excluding hydrogens is 320 g/mol. The van der Waals surface area contributed by atoms with Gasteiger partial charge in [0.15, 0.2) is 5.82 Å². The molecule has 0 fully saturated rings. The zero-order valence-electron chi connectivity index (χ0n) is 11.6. The van der Waals surface area contributed by atoms with Crippen molar-refractivity contribution in [2.24, 2.45) is 0 Å². The van der Waals surface area contributed by atoms with Crippen molar-refractivity contribution >= 4 is 27.9 Å². The molecule has 0 spiro atoms. The van der Waals surface area contributed by atoms with E-state index in [1.165, 1.54) is 11.3 Å². The minimum absolute atomic E-state index is 0.639. The molecule has 22 heavy (non-hydrogen) atoms. The Hall–Kier alpha value is -2.25. The topological polar surface area (TPSA) is 60.9 Å². The summed E-state index contributed by atoms with van der Waals surface area (Å²) in [6, 6.07) is 8.23. The maximum atomic E-state index is 5.89. The molecule has 0 saturated carbocycles. The maximum absolute atomic E-state index is 5.89. The Labute approximate surface area is 135 Å². The van der Waals surface area contributed by atoms with Gasteiger partial charge in [0.1, 0.15) is 5.01 Å². The van der Waals surface area contributed by atoms with Crippen LogP contribution in [0.4, 0.5) is 0 Å². The zero-order valence-corrected chi connectivity index (χ0v) is 13.2. The molecule has 0 atom stereocenters. The predicted molar refractivity (Wildman–Crippen MR) is 85.2 cm³/mol. The number of aromatic nitrogens is 6. The highest BCUT2D eigenvalue weighted by molar-refractivity contribution is 7.19. The van der Waals surface area contributed by atoms with E-state index in [1.54, 1.807) is 16.9 Å². The number of nitrogens with zero attached hydrogens (tertiary/aromatic N) is 6. The van der Waals surface area contributed by atoms with Crippen molar-refractivity contribution in [3.8, 4) is 10.6 Å². The van der Waals surface area contributed by atoms with Crippen molar-refractivity contribution in [1.82, 2.24) is 29.6 Å². The lowest BCUT2D eigenvalue weighted by molar-refractivity contribution is 0.687. The quantitative estimate of drug-likeness (QED) is 0.579. The van der Waals surface area contributed by atoms with Crippen molar-refractivity contribution in [1.29, 1.82) is 0 Å². The highest BCUT2D eigenvalue weighted by atomic mass is 35.5. The highest BCUT2D eigenvalue weighted by Gasteiger charge is 2.10. The first kappa shape index (κ1) is 13.4. The number of hydrogen-bond donors (Lipinski definition) is 0. The van der Waals surface area contributed by atoms with Crippen LogP contribution < -0.4 is 0 Å². The summed E-state index contributed by atoms with van der Waals surface area (Å²) >= 11 is 7.42. The van der Waals surface area contributed by atoms with Gasteiger partial charge in [0.05, 0.1) is 17.8 Å². The molecule has 1 aromatic carbocycles. The smallest absolute Gasteiger partial charge is 0.234 e. The molecule has 0 aliphatic heterocycles. The molecule has 3 aromatic heterocycles. The largest absolute Gasteiger partial charge is 0.267 e. The Balaban J connectivity index is 1.68. The van der Waals surface area contributed by atoms with E-state index in [0.29, 0.717) is 11.6 Å². The molecule has 6 nitrogen and oxygen atoms in total. The van der Waals surface area contributed by atoms with Crippen LogP contribution in [0.1, 0.15) is 11.4 Å². The van der Waals surface area contributed by atoms with E-state index in [9.17, 15) is 0 Å². The summed E-state index contributed by atoms with van der Waals surface area (Å²) in [6.07, 6.45) is 3.44. The molecule has 0 saturated heterocycles. The third-order valence-electron chi connectivity index (χ3n) is 3.27. The average molecular weight is 331 g/mol. The SMILES string of the molecule is Cc1nnc2sc(-c3cccc(Cn4cc(Cl)cn4)c3)nn12. The molecule has 110 valence electrons. The predicted octanol–water partition coefficient (Wildman–Crippen LogP) is 3.06. The van der Waals surface area contributed by atoms with Crippen molar-refractivity contribution in [3.05, 3.63) is 53.1 Å². The first-order valence-corrected chi connectivity index (χ1v) is 7.84. The summed E-state index contributed by atoms with van der Waals surface area (Å²) in [6.45, 7) is 2.56. The molecule has 0 aliphatic carbocycles. The standard InChI is InChI=1S/C14H11ClN6S/c1-9-17-18-14-21(9)19-13(22-14)11-4-2-3-10(5-11)7-20-8-12(15)6-16-20/h2-6,8H,7H2,1H3. The second-order valence-corrected chi connectivity index (χ2v) is 6.30. The van der Waals surface area contributed by atoms with Crippen LogP contribution in [0, 0.1) is 6.92 Å². The van der Waals surface area contributed by atoms with E-state index in [1.807, 2.05) is 23.7 Å². The maximum Gasteiger partial charge on any atom is 0.234 e. The molecule has 4 rings (SSSR count). The highest BCUT2D eigenvalue weighted by Crippen LogP contribution is 2.26. The fourth-order valence-electron chi connectivity index (χ4n) is 2.25. The first-order valence-electron chi connectivity index (χ1n) is 6.65. The van der Waals surface area contributed by atoms with Crippen LogP contribution in [0.3, 0.4) is 0 Å². The molecule has 0 radical (unpaired) electrons. The lowest BCUT2D eigenvalue weighted by Crippen LogP contribution is -1.99. The van der Waals surface area contributed by atoms with Gasteiger partial charge in [-0.1, -0.05) is 41.1 Å². The second kappa shape index (κ2) is 5.19. The van der Waals surface area contributed by atoms with E-state index < -0.39 is 0 Å². The summed E-state index contributed by atoms with van der Waals surface area (Å²) in [7, 11) is 0. The van der Waals surface area contributed by atoms with Gasteiger partial charge >= 0.3 is 0 Å². The Morgan fingerprint density at radius 1 is 1.27 bits per heavy atom. The molecule has 3 heterocycles. The molecule has 4 aromatic rings. The lowest BCUT2D eigenvalue weighted by atomic mass is 10.1. The van der Waals surface area contributed by atoms with Gasteiger partial charge in [-0.2, -0.15) is 14.7 Å². The van der Waals surface area contributed by atoms with Gasteiger partial charge < -0.3 is 0 Å². The van der Waals surface area contributed by atoms with Gasteiger partial charge in [0.25, 0.3) is 0 Å². The summed E-state index contributed by atoms with van der Waals surface area (Å²) in [4.78, 5) is 0.803. The Bertz CT molecular complexity index is 953. The van der Waals surface area contributed by atoms with Crippen molar-refractivity contribution in [2.45, 2.75) is 13.5 Å². The van der Waals surface area contributed by atoms with Crippen LogP contribution in [-0.2, 0) is 6.54 Å². The van der Waals surface area contributed by atoms with E-state index in [-0.39, 0.29) is 0 Å². The van der Waals surface area contributed by atoms with Gasteiger partial charge in [0, 0.05) is 11.8 Å². The monoisotopic (exact) mass is 330 g/mol. The number of fused-ring (bicyclic) bond motifs is 1. The molecule has 0 bridgehead atoms. The van der Waals surface area contributed by atoms with Crippen LogP contribution >= 0.6 is 22.9 Å². The summed E-state index contributed by atoms with van der Waals surface area (Å²) in [5.74, 6) is 0.792. The van der Waals surface area contributed by atoms with Gasteiger partial charge in [-0.3, -0.25) is 4.68 Å². The Kier molecular flexibility index (Phi) is 3.16. The third-order valence-corrected chi connectivity index (χ3v) is 4.41. The van der Waals surface area contributed by atoms with E-state index in [0.717, 1.165) is 26.9 Å². The van der Waals surface area contributed by atoms with E-state index in [4.69, 9.17) is 11.6 Å². The normalized spacial score (nSPS) is 11.4. The van der Waals surface area contributed by atoms with Gasteiger partial charge in [-0.25, -0.2) is 0 Å². The zero-order chi connectivity index (χ0) is 15.1. The van der Waals surface area contributed by atoms with Gasteiger partial charge in [0.2, 0.25) is 4.96 Å². The summed E-state index contributed by atoms with van der Waals surface area (Å²) < 4.78 is 3.57. The van der Waals surface area contributed by atoms with Crippen LogP contribution in [-0.4, -0.2) is 29.6 Å². The van der Waals surface area contributed by atoms with Crippen molar-refractivity contribution in [2.75, 3.05) is 0 Å². The minimum atomic E-state index is 0.639. The third kappa shape index (κ3) is 2.38. The number of aryl methyl sites for hydroxylation is 1. The second-order valence-electron chi connectivity index (χ2n) is 4.91. The van der Waals surface area contributed by atoms with Gasteiger partial charge in [-0.05, 0) is 18.6 Å². The fraction of sp³-hybridized carbons (Fsp3) is 0.143. The first-order chi connectivity index (χ1) is 10.7. The Morgan fingerprint density at radius 3 is 2.95 bits per heavy atom. The molecule has 0 N–H and O–H groups in total. The number of halogens is 1. The van der Waals surface area contributed by atoms with Crippen molar-refractivity contribution in [3.63, 3.8) is 0 Å². The van der Waals surface area contributed by atoms with Crippen LogP contribution in [0.5, 0.6) is 0 Å². The van der Waals surface area contributed by atoms with Crippen molar-refractivity contribution < 1.29 is 0 Å². The van der Waals surface area contributed by atoms with E-state index in [2.05, 4.69) is 32.5 Å². The molecule has 8 heteroatoms. The number of benzene rings is 1. The van der Waals surface area contributed by atoms with Crippen LogP contribution in [0.25, 0.3) is 15.5 Å². The van der Waals surface area contributed by atoms with Gasteiger partial charge in [-0.15, -0.1) is 10.2 Å². The molecule has 0 amide bonds. The summed E-state index contributed by atoms with van der Waals surface area (Å²) in [5.41, 5.74) is 2.20.